The molecule has 0 saturated carbocycles. The molecule has 0 spiro atoms. The van der Waals surface area contributed by atoms with Crippen LogP contribution in [0.2, 0.25) is 0 Å². The summed E-state index contributed by atoms with van der Waals surface area (Å²) in [5, 5.41) is 12.3. The number of hydrogen-bond donors (Lipinski definition) is 2. The van der Waals surface area contributed by atoms with Gasteiger partial charge in [0.25, 0.3) is 6.47 Å². The summed E-state index contributed by atoms with van der Waals surface area (Å²) in [7, 11) is 0. The molecule has 1 saturated heterocycles. The zero-order chi connectivity index (χ0) is 21.8. The van der Waals surface area contributed by atoms with Crippen molar-refractivity contribution in [3.63, 3.8) is 0 Å². The molecule has 0 aliphatic carbocycles. The van der Waals surface area contributed by atoms with Crippen molar-refractivity contribution in [2.75, 3.05) is 37.7 Å². The number of carbonyl (C=O) groups excluding carboxylic acids is 1. The van der Waals surface area contributed by atoms with E-state index in [9.17, 15) is 4.79 Å². The van der Waals surface area contributed by atoms with E-state index in [0.29, 0.717) is 6.47 Å². The molecule has 0 atom stereocenters. The molecule has 1 aromatic heterocycles. The second-order valence-electron chi connectivity index (χ2n) is 8.36. The maximum atomic E-state index is 9.60. The van der Waals surface area contributed by atoms with Gasteiger partial charge in [0, 0.05) is 38.5 Å². The highest BCUT2D eigenvalue weighted by Crippen LogP contribution is 2.15. The smallest absolute Gasteiger partial charge is 0.293 e. The number of aromatic nitrogens is 1. The predicted octanol–water partition coefficient (Wildman–Crippen LogP) is 2.77. The van der Waals surface area contributed by atoms with Gasteiger partial charge in [-0.25, -0.2) is 0 Å². The first-order valence-electron chi connectivity index (χ1n) is 10.6. The fourth-order valence-corrected chi connectivity index (χ4v) is 3.09. The van der Waals surface area contributed by atoms with E-state index in [-0.39, 0.29) is 12.2 Å². The van der Waals surface area contributed by atoms with Crippen molar-refractivity contribution in [3.8, 4) is 0 Å². The van der Waals surface area contributed by atoms with E-state index in [0.717, 1.165) is 51.1 Å². The molecule has 0 unspecified atom stereocenters. The molecule has 3 rings (SSSR count). The van der Waals surface area contributed by atoms with Crippen LogP contribution in [0.1, 0.15) is 37.6 Å². The van der Waals surface area contributed by atoms with Crippen molar-refractivity contribution in [1.29, 1.82) is 0 Å². The van der Waals surface area contributed by atoms with Crippen molar-refractivity contribution < 1.29 is 14.6 Å². The third-order valence-electron chi connectivity index (χ3n) is 4.79. The van der Waals surface area contributed by atoms with Crippen LogP contribution in [-0.4, -0.2) is 54.9 Å². The van der Waals surface area contributed by atoms with Gasteiger partial charge < -0.3 is 20.1 Å². The molecular weight excluding hydrogens is 378 g/mol. The van der Waals surface area contributed by atoms with Crippen molar-refractivity contribution in [2.45, 2.75) is 45.6 Å². The second kappa shape index (κ2) is 12.3. The summed E-state index contributed by atoms with van der Waals surface area (Å²) in [6.45, 7) is 10.3. The molecule has 0 radical (unpaired) electrons. The lowest BCUT2D eigenvalue weighted by molar-refractivity contribution is -0.138. The number of rotatable bonds is 7. The molecular formula is C24H35N3O3. The average Bonchev–Trinajstić information content (AvgIpc) is 2.74. The van der Waals surface area contributed by atoms with Gasteiger partial charge in [-0.3, -0.25) is 9.78 Å². The summed E-state index contributed by atoms with van der Waals surface area (Å²) in [5.74, 6) is 0. The number of pyridine rings is 1. The monoisotopic (exact) mass is 413 g/mol. The largest absolute Gasteiger partial charge is 0.462 e. The molecule has 1 fully saturated rings. The van der Waals surface area contributed by atoms with E-state index in [1.807, 2.05) is 27.0 Å². The Balaban J connectivity index is 0.000000396. The highest BCUT2D eigenvalue weighted by molar-refractivity contribution is 5.45. The van der Waals surface area contributed by atoms with Gasteiger partial charge in [-0.15, -0.1) is 0 Å². The van der Waals surface area contributed by atoms with Gasteiger partial charge in [0.2, 0.25) is 0 Å². The first kappa shape index (κ1) is 23.8. The molecule has 30 heavy (non-hydrogen) atoms. The maximum Gasteiger partial charge on any atom is 0.293 e. The number of nitrogens with zero attached hydrogens (tertiary/aromatic N) is 2. The summed E-state index contributed by atoms with van der Waals surface area (Å²) in [5.41, 5.74) is 4.56. The summed E-state index contributed by atoms with van der Waals surface area (Å²) >= 11 is 0. The number of benzene rings is 1. The first-order chi connectivity index (χ1) is 14.4. The predicted molar refractivity (Wildman–Crippen MR) is 121 cm³/mol. The Morgan fingerprint density at radius 1 is 1.03 bits per heavy atom. The topological polar surface area (TPSA) is 74.7 Å². The molecule has 6 nitrogen and oxygen atoms in total. The van der Waals surface area contributed by atoms with Crippen LogP contribution in [0.25, 0.3) is 0 Å². The highest BCUT2D eigenvalue weighted by Gasteiger charge is 2.10. The molecule has 1 aliphatic rings. The molecule has 2 aromatic rings. The lowest BCUT2D eigenvalue weighted by Crippen LogP contribution is -2.43. The third-order valence-corrected chi connectivity index (χ3v) is 4.79. The number of hydrogen-bond acceptors (Lipinski definition) is 6. The Hall–Kier alpha value is -2.44. The maximum absolute atomic E-state index is 9.60. The lowest BCUT2D eigenvalue weighted by atomic mass is 10.0. The Bertz CT molecular complexity index is 734. The van der Waals surface area contributed by atoms with Crippen molar-refractivity contribution in [2.24, 2.45) is 0 Å². The van der Waals surface area contributed by atoms with E-state index >= 15 is 0 Å². The van der Waals surface area contributed by atoms with Gasteiger partial charge in [0.1, 0.15) is 5.60 Å². The summed E-state index contributed by atoms with van der Waals surface area (Å²) in [4.78, 5) is 16.6. The van der Waals surface area contributed by atoms with E-state index in [4.69, 9.17) is 5.11 Å². The Kier molecular flexibility index (Phi) is 9.77. The van der Waals surface area contributed by atoms with Crippen LogP contribution in [0.3, 0.4) is 0 Å². The van der Waals surface area contributed by atoms with Crippen molar-refractivity contribution in [3.05, 3.63) is 59.4 Å². The SMILES string of the molecule is CC(C)(C)OC=O.OCCc1ccc(CCc2ccc(N3CCNCC3)cn2)cc1. The number of aliphatic hydroxyl groups excluding tert-OH is 1. The van der Waals surface area contributed by atoms with Gasteiger partial charge >= 0.3 is 0 Å². The Morgan fingerprint density at radius 2 is 1.67 bits per heavy atom. The second-order valence-corrected chi connectivity index (χ2v) is 8.36. The van der Waals surface area contributed by atoms with Crippen LogP contribution < -0.4 is 10.2 Å². The van der Waals surface area contributed by atoms with Gasteiger partial charge in [-0.2, -0.15) is 0 Å². The fraction of sp³-hybridized carbons (Fsp3) is 0.500. The minimum Gasteiger partial charge on any atom is -0.462 e. The van der Waals surface area contributed by atoms with E-state index in [1.54, 1.807) is 0 Å². The van der Waals surface area contributed by atoms with E-state index in [2.05, 4.69) is 56.3 Å². The number of anilines is 1. The third kappa shape index (κ3) is 8.93. The van der Waals surface area contributed by atoms with Gasteiger partial charge in [0.05, 0.1) is 11.9 Å². The molecule has 0 bridgehead atoms. The molecule has 1 aromatic carbocycles. The Labute approximate surface area is 180 Å². The standard InChI is InChI=1S/C19H25N3O.C5H10O2/c23-14-9-17-3-1-16(2-4-17)5-6-18-7-8-19(15-21-18)22-12-10-20-11-13-22;1-5(2,3)7-4-6/h1-4,7-8,15,20,23H,5-6,9-14H2;4H,1-3H3. The minimum atomic E-state index is -0.318. The number of piperazine rings is 1. The summed E-state index contributed by atoms with van der Waals surface area (Å²) in [6.07, 6.45) is 4.70. The first-order valence-corrected chi connectivity index (χ1v) is 10.6. The summed E-state index contributed by atoms with van der Waals surface area (Å²) in [6, 6.07) is 12.9. The number of nitrogens with one attached hydrogen (secondary N) is 1. The van der Waals surface area contributed by atoms with Gasteiger partial charge in [-0.05, 0) is 63.3 Å². The number of aryl methyl sites for hydroxylation is 2. The average molecular weight is 414 g/mol. The van der Waals surface area contributed by atoms with Gasteiger partial charge in [0.15, 0.2) is 0 Å². The van der Waals surface area contributed by atoms with Crippen molar-refractivity contribution in [1.82, 2.24) is 10.3 Å². The zero-order valence-corrected chi connectivity index (χ0v) is 18.4. The fourth-order valence-electron chi connectivity index (χ4n) is 3.09. The van der Waals surface area contributed by atoms with Crippen LogP contribution in [0.5, 0.6) is 0 Å². The Morgan fingerprint density at radius 3 is 2.13 bits per heavy atom. The normalized spacial score (nSPS) is 13.9. The number of ether oxygens (including phenoxy) is 1. The highest BCUT2D eigenvalue weighted by atomic mass is 16.5. The number of carbonyl (C=O) groups is 1. The van der Waals surface area contributed by atoms with Crippen LogP contribution in [0.15, 0.2) is 42.6 Å². The summed E-state index contributed by atoms with van der Waals surface area (Å²) < 4.78 is 4.55. The molecule has 2 N–H and O–H groups in total. The molecule has 1 aliphatic heterocycles. The van der Waals surface area contributed by atoms with Crippen LogP contribution >= 0.6 is 0 Å². The van der Waals surface area contributed by atoms with Crippen LogP contribution in [0.4, 0.5) is 5.69 Å². The van der Waals surface area contributed by atoms with Gasteiger partial charge in [-0.1, -0.05) is 24.3 Å². The quantitative estimate of drug-likeness (QED) is 0.680. The number of aliphatic hydroxyl groups is 1. The molecule has 164 valence electrons. The van der Waals surface area contributed by atoms with Crippen LogP contribution in [0, 0.1) is 0 Å². The molecule has 6 heteroatoms. The van der Waals surface area contributed by atoms with Crippen molar-refractivity contribution >= 4 is 12.2 Å². The zero-order valence-electron chi connectivity index (χ0n) is 18.4. The molecule has 0 amide bonds. The minimum absolute atomic E-state index is 0.211. The van der Waals surface area contributed by atoms with E-state index in [1.165, 1.54) is 16.8 Å². The van der Waals surface area contributed by atoms with E-state index < -0.39 is 0 Å². The van der Waals surface area contributed by atoms with Crippen LogP contribution in [-0.2, 0) is 28.8 Å². The lowest BCUT2D eigenvalue weighted by Gasteiger charge is -2.29. The molecule has 2 heterocycles.